The number of benzene rings is 3. The molecule has 0 aliphatic carbocycles. The second-order valence-corrected chi connectivity index (χ2v) is 17.6. The minimum absolute atomic E-state index is 0.654. The van der Waals surface area contributed by atoms with Crippen LogP contribution in [0.15, 0.2) is 103 Å². The van der Waals surface area contributed by atoms with Crippen molar-refractivity contribution in [3.63, 3.8) is 0 Å². The zero-order valence-corrected chi connectivity index (χ0v) is 39.5. The fourth-order valence-corrected chi connectivity index (χ4v) is 9.05. The van der Waals surface area contributed by atoms with Gasteiger partial charge in [0, 0.05) is 55.4 Å². The van der Waals surface area contributed by atoms with Crippen LogP contribution in [-0.2, 0) is 0 Å². The summed E-state index contributed by atoms with van der Waals surface area (Å²) >= 11 is 0. The summed E-state index contributed by atoms with van der Waals surface area (Å²) in [5.41, 5.74) is 13.1. The number of H-pyrrole nitrogens is 2. The number of unbranched alkanes of at least 4 members (excludes halogenated alkanes) is 12. The quantitative estimate of drug-likeness (QED) is 0.0591. The first kappa shape index (κ1) is 46.2. The molecular weight excluding hydrogens is 813 g/mol. The van der Waals surface area contributed by atoms with Crippen molar-refractivity contribution in [1.29, 1.82) is 0 Å². The van der Waals surface area contributed by atoms with Crippen molar-refractivity contribution < 1.29 is 14.2 Å². The summed E-state index contributed by atoms with van der Waals surface area (Å²) < 4.78 is 19.9. The van der Waals surface area contributed by atoms with Crippen LogP contribution in [0.25, 0.3) is 79.8 Å². The van der Waals surface area contributed by atoms with E-state index in [-0.39, 0.29) is 0 Å². The van der Waals surface area contributed by atoms with Gasteiger partial charge in [0.15, 0.2) is 0 Å². The molecule has 0 atom stereocenters. The molecule has 0 radical (unpaired) electrons. The Balaban J connectivity index is 1.33. The lowest BCUT2D eigenvalue weighted by molar-refractivity contribution is 0.305. The van der Waals surface area contributed by atoms with E-state index in [1.807, 2.05) is 0 Å². The zero-order chi connectivity index (χ0) is 45.3. The number of rotatable bonds is 24. The number of aromatic nitrogens is 4. The SMILES string of the molecule is CCCCCCCOc1ccccc1-c1c2nc(c(-c3ccccc3OCCCCCCC)c3ccc([nH]3)c(-c3ccccc3OCCCCCCC)c3nc(cc4ccc1[nH]4)C=C3)C=C2. The molecule has 3 aromatic carbocycles. The summed E-state index contributed by atoms with van der Waals surface area (Å²) in [5.74, 6) is 2.54. The van der Waals surface area contributed by atoms with Gasteiger partial charge in [0.1, 0.15) is 17.2 Å². The fourth-order valence-electron chi connectivity index (χ4n) is 9.05. The lowest BCUT2D eigenvalue weighted by Gasteiger charge is -2.14. The van der Waals surface area contributed by atoms with E-state index in [1.165, 1.54) is 57.8 Å². The molecule has 0 spiro atoms. The molecule has 342 valence electrons. The minimum Gasteiger partial charge on any atom is -0.493 e. The summed E-state index contributed by atoms with van der Waals surface area (Å²) in [6.45, 7) is 8.74. The lowest BCUT2D eigenvalue weighted by atomic mass is 10.0. The Morgan fingerprint density at radius 2 is 0.758 bits per heavy atom. The van der Waals surface area contributed by atoms with E-state index in [0.717, 1.165) is 134 Å². The number of fused-ring (bicyclic) bond motifs is 8. The third-order valence-electron chi connectivity index (χ3n) is 12.6. The number of nitrogens with one attached hydrogen (secondary N) is 2. The Morgan fingerprint density at radius 3 is 1.21 bits per heavy atom. The Kier molecular flexibility index (Phi) is 16.6. The van der Waals surface area contributed by atoms with Crippen LogP contribution in [0.5, 0.6) is 17.2 Å². The predicted octanol–water partition coefficient (Wildman–Crippen LogP) is 16.7. The van der Waals surface area contributed by atoms with E-state index in [2.05, 4.69) is 158 Å². The van der Waals surface area contributed by atoms with Gasteiger partial charge in [-0.2, -0.15) is 0 Å². The van der Waals surface area contributed by atoms with Gasteiger partial charge in [0.25, 0.3) is 0 Å². The van der Waals surface area contributed by atoms with E-state index in [4.69, 9.17) is 24.2 Å². The van der Waals surface area contributed by atoms with Crippen LogP contribution < -0.4 is 14.2 Å². The molecule has 66 heavy (non-hydrogen) atoms. The molecular formula is C59H68N4O3. The van der Waals surface area contributed by atoms with E-state index in [0.29, 0.717) is 19.8 Å². The number of hydrogen-bond acceptors (Lipinski definition) is 5. The highest BCUT2D eigenvalue weighted by atomic mass is 16.5. The van der Waals surface area contributed by atoms with Gasteiger partial charge in [-0.3, -0.25) is 0 Å². The van der Waals surface area contributed by atoms with E-state index in [9.17, 15) is 0 Å². The second-order valence-electron chi connectivity index (χ2n) is 17.6. The van der Waals surface area contributed by atoms with Crippen molar-refractivity contribution in [2.45, 2.75) is 117 Å². The van der Waals surface area contributed by atoms with Gasteiger partial charge in [-0.25, -0.2) is 9.97 Å². The highest BCUT2D eigenvalue weighted by Gasteiger charge is 2.21. The normalized spacial score (nSPS) is 11.9. The van der Waals surface area contributed by atoms with Gasteiger partial charge in [0.05, 0.1) is 42.6 Å². The Labute approximate surface area is 392 Å². The average molecular weight is 881 g/mol. The topological polar surface area (TPSA) is 85.1 Å². The molecule has 2 N–H and O–H groups in total. The van der Waals surface area contributed by atoms with E-state index in [1.54, 1.807) is 0 Å². The second kappa shape index (κ2) is 23.7. The van der Waals surface area contributed by atoms with Crippen LogP contribution in [0.2, 0.25) is 0 Å². The Morgan fingerprint density at radius 1 is 0.379 bits per heavy atom. The number of nitrogens with zero attached hydrogens (tertiary/aromatic N) is 2. The number of aromatic amines is 2. The predicted molar refractivity (Wildman–Crippen MR) is 278 cm³/mol. The van der Waals surface area contributed by atoms with Crippen molar-refractivity contribution in [2.75, 3.05) is 19.8 Å². The van der Waals surface area contributed by atoms with Gasteiger partial charge < -0.3 is 24.2 Å². The van der Waals surface area contributed by atoms with E-state index >= 15 is 0 Å². The molecule has 0 saturated heterocycles. The van der Waals surface area contributed by atoms with Gasteiger partial charge in [-0.1, -0.05) is 152 Å². The number of ether oxygens (including phenoxy) is 3. The zero-order valence-electron chi connectivity index (χ0n) is 39.5. The van der Waals surface area contributed by atoms with Crippen LogP contribution in [0.3, 0.4) is 0 Å². The maximum absolute atomic E-state index is 6.67. The molecule has 7 nitrogen and oxygen atoms in total. The third-order valence-corrected chi connectivity index (χ3v) is 12.6. The molecule has 0 saturated carbocycles. The molecule has 5 heterocycles. The van der Waals surface area contributed by atoms with Crippen molar-refractivity contribution >= 4 is 46.4 Å². The molecule has 0 amide bonds. The first-order valence-electron chi connectivity index (χ1n) is 24.9. The molecule has 8 rings (SSSR count). The van der Waals surface area contributed by atoms with Crippen LogP contribution in [0.1, 0.15) is 140 Å². The van der Waals surface area contributed by atoms with Crippen LogP contribution in [0, 0.1) is 0 Å². The van der Waals surface area contributed by atoms with Crippen LogP contribution >= 0.6 is 0 Å². The van der Waals surface area contributed by atoms with Gasteiger partial charge in [-0.15, -0.1) is 0 Å². The molecule has 0 unspecified atom stereocenters. The summed E-state index contributed by atoms with van der Waals surface area (Å²) in [7, 11) is 0. The summed E-state index contributed by atoms with van der Waals surface area (Å²) in [4.78, 5) is 18.5. The fraction of sp³-hybridized carbons (Fsp3) is 0.356. The highest BCUT2D eigenvalue weighted by molar-refractivity contribution is 5.99. The molecule has 2 aliphatic rings. The Hall–Kier alpha value is -6.34. The Bertz CT molecular complexity index is 2700. The highest BCUT2D eigenvalue weighted by Crippen LogP contribution is 2.42. The maximum atomic E-state index is 6.67. The molecule has 6 aromatic rings. The number of para-hydroxylation sites is 3. The first-order valence-corrected chi connectivity index (χ1v) is 24.9. The van der Waals surface area contributed by atoms with Crippen molar-refractivity contribution in [2.24, 2.45) is 0 Å². The molecule has 8 bridgehead atoms. The van der Waals surface area contributed by atoms with Gasteiger partial charge >= 0.3 is 0 Å². The molecule has 7 heteroatoms. The summed E-state index contributed by atoms with van der Waals surface area (Å²) in [6, 6.07) is 35.9. The smallest absolute Gasteiger partial charge is 0.127 e. The molecule has 2 aliphatic heterocycles. The summed E-state index contributed by atoms with van der Waals surface area (Å²) in [5, 5.41) is 0. The summed E-state index contributed by atoms with van der Waals surface area (Å²) in [6.07, 6.45) is 26.2. The monoisotopic (exact) mass is 881 g/mol. The first-order chi connectivity index (χ1) is 32.6. The van der Waals surface area contributed by atoms with Crippen molar-refractivity contribution in [3.8, 4) is 50.6 Å². The van der Waals surface area contributed by atoms with Crippen LogP contribution in [-0.4, -0.2) is 39.8 Å². The van der Waals surface area contributed by atoms with Crippen molar-refractivity contribution in [1.82, 2.24) is 19.9 Å². The van der Waals surface area contributed by atoms with Gasteiger partial charge in [0.2, 0.25) is 0 Å². The van der Waals surface area contributed by atoms with Gasteiger partial charge in [-0.05, 0) is 92.1 Å². The minimum atomic E-state index is 0.654. The molecule has 3 aromatic heterocycles. The lowest BCUT2D eigenvalue weighted by Crippen LogP contribution is -2.00. The standard InChI is InChI=1S/C59H68N4O3/c1-4-7-10-13-22-39-64-54-28-19-16-25-45(54)57-48-33-31-43(60-48)42-44-32-34-49(61-44)58(46-26-17-20-29-55(46)65-40-23-14-11-8-5-2)51-36-38-53(63-51)59(52-37-35-50(57)62-52)47-27-18-21-30-56(47)66-41-24-15-12-9-6-3/h16-21,25-38,42,60,63H,4-15,22-24,39-41H2,1-3H3. The van der Waals surface area contributed by atoms with Crippen molar-refractivity contribution in [3.05, 3.63) is 126 Å². The average Bonchev–Trinajstić information content (AvgIpc) is 4.19. The van der Waals surface area contributed by atoms with E-state index < -0.39 is 0 Å². The number of hydrogen-bond donors (Lipinski definition) is 2. The van der Waals surface area contributed by atoms with Crippen LogP contribution in [0.4, 0.5) is 0 Å². The third kappa shape index (κ3) is 11.5. The maximum Gasteiger partial charge on any atom is 0.127 e. The largest absolute Gasteiger partial charge is 0.493 e. The molecule has 0 fully saturated rings.